The highest BCUT2D eigenvalue weighted by Crippen LogP contribution is 2.26. The number of carbonyl (C=O) groups is 1. The maximum Gasteiger partial charge on any atom is 0.330 e. The molecule has 0 saturated carbocycles. The molecule has 0 aromatic rings. The molecule has 0 spiro atoms. The molecule has 0 amide bonds. The first-order valence-electron chi connectivity index (χ1n) is 5.62. The van der Waals surface area contributed by atoms with Crippen molar-refractivity contribution in [2.45, 2.75) is 53.9 Å². The van der Waals surface area contributed by atoms with Gasteiger partial charge in [-0.2, -0.15) is 0 Å². The van der Waals surface area contributed by atoms with Crippen molar-refractivity contribution in [3.05, 3.63) is 11.6 Å². The van der Waals surface area contributed by atoms with Crippen LogP contribution in [0, 0.1) is 11.3 Å². The van der Waals surface area contributed by atoms with E-state index in [0.29, 0.717) is 16.9 Å². The van der Waals surface area contributed by atoms with Gasteiger partial charge in [-0.3, -0.25) is 0 Å². The minimum atomic E-state index is -0.807. The first kappa shape index (κ1) is 14.2. The largest absolute Gasteiger partial charge is 0.478 e. The lowest BCUT2D eigenvalue weighted by atomic mass is 9.83. The van der Waals surface area contributed by atoms with E-state index in [-0.39, 0.29) is 0 Å². The lowest BCUT2D eigenvalue weighted by Gasteiger charge is -2.22. The van der Waals surface area contributed by atoms with Gasteiger partial charge in [-0.25, -0.2) is 4.79 Å². The fourth-order valence-electron chi connectivity index (χ4n) is 1.82. The number of rotatable bonds is 5. The van der Waals surface area contributed by atoms with Crippen LogP contribution in [0.2, 0.25) is 0 Å². The lowest BCUT2D eigenvalue weighted by molar-refractivity contribution is -0.132. The van der Waals surface area contributed by atoms with Crippen LogP contribution in [0.15, 0.2) is 11.6 Å². The summed E-state index contributed by atoms with van der Waals surface area (Å²) >= 11 is 0. The highest BCUT2D eigenvalue weighted by Gasteiger charge is 2.14. The van der Waals surface area contributed by atoms with Crippen LogP contribution in [0.5, 0.6) is 0 Å². The summed E-state index contributed by atoms with van der Waals surface area (Å²) in [5.41, 5.74) is 0.822. The molecule has 1 atom stereocenters. The maximum absolute atomic E-state index is 10.5. The van der Waals surface area contributed by atoms with Gasteiger partial charge < -0.3 is 5.11 Å². The molecule has 0 radical (unpaired) electrons. The number of allylic oxidation sites excluding steroid dienone is 1. The number of hydrogen-bond donors (Lipinski definition) is 1. The quantitative estimate of drug-likeness (QED) is 0.702. The Labute approximate surface area is 93.4 Å². The topological polar surface area (TPSA) is 37.3 Å². The Morgan fingerprint density at radius 3 is 2.33 bits per heavy atom. The van der Waals surface area contributed by atoms with E-state index in [1.165, 1.54) is 6.42 Å². The van der Waals surface area contributed by atoms with Crippen molar-refractivity contribution in [2.24, 2.45) is 11.3 Å². The zero-order valence-electron chi connectivity index (χ0n) is 10.6. The average molecular weight is 212 g/mol. The Hall–Kier alpha value is -0.790. The highest BCUT2D eigenvalue weighted by atomic mass is 16.4. The van der Waals surface area contributed by atoms with Crippen molar-refractivity contribution in [2.75, 3.05) is 0 Å². The zero-order valence-corrected chi connectivity index (χ0v) is 10.6. The smallest absolute Gasteiger partial charge is 0.330 e. The minimum absolute atomic E-state index is 0.366. The summed E-state index contributed by atoms with van der Waals surface area (Å²) in [6.45, 7) is 10.6. The molecule has 0 bridgehead atoms. The van der Waals surface area contributed by atoms with E-state index in [2.05, 4.69) is 27.7 Å². The van der Waals surface area contributed by atoms with Gasteiger partial charge in [0.05, 0.1) is 0 Å². The highest BCUT2D eigenvalue weighted by molar-refractivity contribution is 5.85. The minimum Gasteiger partial charge on any atom is -0.478 e. The molecule has 1 unspecified atom stereocenters. The van der Waals surface area contributed by atoms with Crippen molar-refractivity contribution >= 4 is 5.97 Å². The van der Waals surface area contributed by atoms with Gasteiger partial charge in [0.15, 0.2) is 0 Å². The molecule has 88 valence electrons. The summed E-state index contributed by atoms with van der Waals surface area (Å²) in [6, 6.07) is 0. The summed E-state index contributed by atoms with van der Waals surface area (Å²) in [7, 11) is 0. The summed E-state index contributed by atoms with van der Waals surface area (Å²) in [5.74, 6) is -0.152. The van der Waals surface area contributed by atoms with Gasteiger partial charge in [0.25, 0.3) is 0 Å². The number of carboxylic acids is 1. The number of carboxylic acid groups (broad SMARTS) is 1. The lowest BCUT2D eigenvalue weighted by Crippen LogP contribution is -2.10. The molecule has 0 aliphatic heterocycles. The Balaban J connectivity index is 3.87. The van der Waals surface area contributed by atoms with E-state index < -0.39 is 5.97 Å². The summed E-state index contributed by atoms with van der Waals surface area (Å²) in [4.78, 5) is 10.5. The normalized spacial score (nSPS) is 15.1. The summed E-state index contributed by atoms with van der Waals surface area (Å²) in [5, 5.41) is 8.67. The molecule has 0 saturated heterocycles. The Kier molecular flexibility index (Phi) is 5.63. The van der Waals surface area contributed by atoms with Crippen LogP contribution in [-0.4, -0.2) is 11.1 Å². The monoisotopic (exact) mass is 212 g/mol. The van der Waals surface area contributed by atoms with E-state index in [9.17, 15) is 4.79 Å². The molecular formula is C13H24O2. The van der Waals surface area contributed by atoms with E-state index in [0.717, 1.165) is 12.8 Å². The van der Waals surface area contributed by atoms with Gasteiger partial charge in [-0.15, -0.1) is 0 Å². The molecular weight excluding hydrogens is 188 g/mol. The molecule has 2 heteroatoms. The van der Waals surface area contributed by atoms with Crippen LogP contribution in [0.1, 0.15) is 53.9 Å². The second kappa shape index (κ2) is 5.94. The van der Waals surface area contributed by atoms with Crippen LogP contribution >= 0.6 is 0 Å². The molecule has 0 rings (SSSR count). The third-order valence-corrected chi connectivity index (χ3v) is 2.41. The van der Waals surface area contributed by atoms with Crippen molar-refractivity contribution in [1.29, 1.82) is 0 Å². The molecule has 1 N–H and O–H groups in total. The summed E-state index contributed by atoms with van der Waals surface area (Å²) < 4.78 is 0. The molecule has 0 aromatic carbocycles. The first-order valence-corrected chi connectivity index (χ1v) is 5.62. The van der Waals surface area contributed by atoms with Crippen molar-refractivity contribution in [1.82, 2.24) is 0 Å². The van der Waals surface area contributed by atoms with Gasteiger partial charge in [-0.05, 0) is 37.5 Å². The SMILES string of the molecule is C/C(=C\CCC(C)CC(C)(C)C)C(=O)O. The molecule has 2 nitrogen and oxygen atoms in total. The van der Waals surface area contributed by atoms with Crippen LogP contribution in [0.25, 0.3) is 0 Å². The van der Waals surface area contributed by atoms with Crippen molar-refractivity contribution in [3.8, 4) is 0 Å². The third kappa shape index (κ3) is 8.22. The molecule has 0 aliphatic carbocycles. The second-order valence-electron chi connectivity index (χ2n) is 5.64. The standard InChI is InChI=1S/C13H24O2/c1-10(9-13(3,4)5)7-6-8-11(2)12(14)15/h8,10H,6-7,9H2,1-5H3,(H,14,15)/b11-8+. The van der Waals surface area contributed by atoms with Gasteiger partial charge in [0.2, 0.25) is 0 Å². The number of aliphatic carboxylic acids is 1. The van der Waals surface area contributed by atoms with Crippen LogP contribution in [-0.2, 0) is 4.79 Å². The van der Waals surface area contributed by atoms with E-state index in [1.807, 2.05) is 6.08 Å². The molecule has 15 heavy (non-hydrogen) atoms. The molecule has 0 aromatic heterocycles. The first-order chi connectivity index (χ1) is 6.72. The predicted octanol–water partition coefficient (Wildman–Crippen LogP) is 3.87. The molecule has 0 fully saturated rings. The van der Waals surface area contributed by atoms with E-state index >= 15 is 0 Å². The van der Waals surface area contributed by atoms with Crippen molar-refractivity contribution in [3.63, 3.8) is 0 Å². The Morgan fingerprint density at radius 2 is 1.93 bits per heavy atom. The number of hydrogen-bond acceptors (Lipinski definition) is 1. The van der Waals surface area contributed by atoms with Crippen LogP contribution in [0.3, 0.4) is 0 Å². The fourth-order valence-corrected chi connectivity index (χ4v) is 1.82. The zero-order chi connectivity index (χ0) is 12.1. The van der Waals surface area contributed by atoms with E-state index in [1.54, 1.807) is 6.92 Å². The average Bonchev–Trinajstić information content (AvgIpc) is 2.00. The molecule has 0 aliphatic rings. The van der Waals surface area contributed by atoms with Crippen LogP contribution in [0.4, 0.5) is 0 Å². The van der Waals surface area contributed by atoms with E-state index in [4.69, 9.17) is 5.11 Å². The van der Waals surface area contributed by atoms with Gasteiger partial charge in [-0.1, -0.05) is 33.8 Å². The third-order valence-electron chi connectivity index (χ3n) is 2.41. The van der Waals surface area contributed by atoms with Gasteiger partial charge in [0.1, 0.15) is 0 Å². The van der Waals surface area contributed by atoms with Gasteiger partial charge in [0, 0.05) is 5.57 Å². The fraction of sp³-hybridized carbons (Fsp3) is 0.769. The summed E-state index contributed by atoms with van der Waals surface area (Å²) in [6.07, 6.45) is 4.95. The second-order valence-corrected chi connectivity index (χ2v) is 5.64. The Morgan fingerprint density at radius 1 is 1.40 bits per heavy atom. The Bertz CT molecular complexity index is 233. The molecule has 0 heterocycles. The predicted molar refractivity (Wildman–Crippen MR) is 63.9 cm³/mol. The van der Waals surface area contributed by atoms with Gasteiger partial charge >= 0.3 is 5.97 Å². The maximum atomic E-state index is 10.5. The van der Waals surface area contributed by atoms with Crippen LogP contribution < -0.4 is 0 Å². The van der Waals surface area contributed by atoms with Crippen molar-refractivity contribution < 1.29 is 9.90 Å².